The minimum Gasteiger partial charge on any atom is -0.726 e. The molecule has 26 nitrogen and oxygen atoms in total. The minimum atomic E-state index is -5.98. The van der Waals surface area contributed by atoms with Gasteiger partial charge in [0.15, 0.2) is 18.7 Å². The predicted molar refractivity (Wildman–Crippen MR) is 214 cm³/mol. The van der Waals surface area contributed by atoms with Crippen LogP contribution in [0.25, 0.3) is 0 Å². The first-order chi connectivity index (χ1) is 30.0. The number of aliphatic carboxylic acids is 1. The number of amides is 2. The lowest BCUT2D eigenvalue weighted by molar-refractivity contribution is -0.361. The van der Waals surface area contributed by atoms with Gasteiger partial charge in [-0.2, -0.15) is 0 Å². The van der Waals surface area contributed by atoms with E-state index in [4.69, 9.17) is 18.9 Å². The number of carboxylic acid groups (broad SMARTS) is 1. The molecule has 15 atom stereocenters. The summed E-state index contributed by atoms with van der Waals surface area (Å²) in [6, 6.07) is 4.55. The highest BCUT2D eigenvalue weighted by molar-refractivity contribution is 8.77. The number of ether oxygens (including phenoxy) is 4. The number of carboxylic acids is 1. The van der Waals surface area contributed by atoms with E-state index in [1.54, 1.807) is 24.3 Å². The molecule has 0 bridgehead atoms. The van der Waals surface area contributed by atoms with Crippen LogP contribution in [0.4, 0.5) is 11.4 Å². The Balaban J connectivity index is 1.41. The van der Waals surface area contributed by atoms with Crippen LogP contribution >= 0.6 is 21.6 Å². The van der Waals surface area contributed by atoms with Gasteiger partial charge in [0, 0.05) is 42.3 Å². The molecule has 64 heavy (non-hydrogen) atoms. The fourth-order valence-electron chi connectivity index (χ4n) is 6.77. The van der Waals surface area contributed by atoms with Gasteiger partial charge in [0.05, 0.1) is 25.3 Å². The Bertz CT molecular complexity index is 1910. The van der Waals surface area contributed by atoms with Gasteiger partial charge in [0.1, 0.15) is 61.0 Å². The van der Waals surface area contributed by atoms with Gasteiger partial charge < -0.3 is 89.7 Å². The molecule has 1 unspecified atom stereocenters. The normalized spacial score (nSPS) is 30.8. The van der Waals surface area contributed by atoms with Crippen molar-refractivity contribution >= 4 is 71.5 Å². The summed E-state index contributed by atoms with van der Waals surface area (Å²) in [5.41, 5.74) is 0.861. The number of benzene rings is 1. The number of hydrogen-bond donors (Lipinski definition) is 10. The summed E-state index contributed by atoms with van der Waals surface area (Å²) in [5, 5.41) is 94.6. The smallest absolute Gasteiger partial charge is 0.224 e. The van der Waals surface area contributed by atoms with Crippen LogP contribution in [0.15, 0.2) is 24.3 Å². The van der Waals surface area contributed by atoms with Crippen molar-refractivity contribution in [2.24, 2.45) is 0 Å². The second-order valence-corrected chi connectivity index (χ2v) is 19.6. The van der Waals surface area contributed by atoms with Crippen molar-refractivity contribution in [3.8, 4) is 0 Å². The van der Waals surface area contributed by atoms with E-state index in [0.29, 0.717) is 23.0 Å². The highest BCUT2D eigenvalue weighted by Gasteiger charge is 2.54. The number of unbranched alkanes of at least 4 members (excludes halogenated alkanes) is 1. The van der Waals surface area contributed by atoms with Crippen LogP contribution in [0, 0.1) is 0 Å². The van der Waals surface area contributed by atoms with Crippen molar-refractivity contribution < 1.29 is 108 Å². The maximum absolute atomic E-state index is 12.5. The summed E-state index contributed by atoms with van der Waals surface area (Å²) in [7, 11) is -8.20. The van der Waals surface area contributed by atoms with E-state index in [0.717, 1.165) is 38.4 Å². The zero-order valence-electron chi connectivity index (χ0n) is 33.6. The lowest BCUT2D eigenvalue weighted by Gasteiger charge is -2.48. The minimum absolute atomic E-state index is 0.184. The first-order valence-electron chi connectivity index (χ1n) is 19.4. The molecule has 10 N–H and O–H groups in total. The molecular formula is C34H50N3O23S4-3. The van der Waals surface area contributed by atoms with Crippen molar-refractivity contribution in [2.45, 2.75) is 130 Å². The van der Waals surface area contributed by atoms with Crippen molar-refractivity contribution in [1.82, 2.24) is 5.32 Å². The molecular weight excluding hydrogens is 947 g/mol. The molecule has 0 radical (unpaired) electrons. The maximum Gasteiger partial charge on any atom is 0.224 e. The van der Waals surface area contributed by atoms with Crippen LogP contribution < -0.4 is 21.1 Å². The number of carbonyl (C=O) groups is 3. The van der Waals surface area contributed by atoms with E-state index >= 15 is 0 Å². The number of anilines is 2. The summed E-state index contributed by atoms with van der Waals surface area (Å²) < 4.78 is 99.2. The lowest BCUT2D eigenvalue weighted by Crippen LogP contribution is -2.69. The van der Waals surface area contributed by atoms with Crippen molar-refractivity contribution in [2.75, 3.05) is 36.1 Å². The number of rotatable bonds is 24. The van der Waals surface area contributed by atoms with Gasteiger partial charge in [0.25, 0.3) is 0 Å². The van der Waals surface area contributed by atoms with Crippen LogP contribution in [0.2, 0.25) is 0 Å². The third-order valence-electron chi connectivity index (χ3n) is 9.86. The van der Waals surface area contributed by atoms with Crippen LogP contribution in [0.3, 0.4) is 0 Å². The molecule has 3 saturated heterocycles. The van der Waals surface area contributed by atoms with E-state index in [2.05, 4.69) is 24.3 Å². The molecule has 3 fully saturated rings. The second kappa shape index (κ2) is 24.5. The Morgan fingerprint density at radius 3 is 2.17 bits per heavy atom. The molecule has 3 heterocycles. The van der Waals surface area contributed by atoms with Gasteiger partial charge in [-0.3, -0.25) is 18.0 Å². The van der Waals surface area contributed by atoms with Gasteiger partial charge in [-0.25, -0.2) is 16.8 Å². The van der Waals surface area contributed by atoms with Crippen LogP contribution in [-0.2, 0) is 62.5 Å². The Labute approximate surface area is 374 Å². The molecule has 1 aromatic carbocycles. The first-order valence-corrected chi connectivity index (χ1v) is 24.5. The predicted octanol–water partition coefficient (Wildman–Crippen LogP) is -5.29. The van der Waals surface area contributed by atoms with Gasteiger partial charge in [0.2, 0.25) is 32.6 Å². The molecule has 0 saturated carbocycles. The van der Waals surface area contributed by atoms with Gasteiger partial charge >= 0.3 is 0 Å². The Morgan fingerprint density at radius 2 is 1.56 bits per heavy atom. The number of nitrogens with one attached hydrogen (secondary N) is 3. The molecule has 0 aliphatic carbocycles. The Hall–Kier alpha value is -2.57. The SMILES string of the molecule is CC(=O)N[C@H]1[C@@H](OC[C@@H](O)[C@@H](O)[C@H](O)[C@@H](O)CNc2cccc(NC(=O)CCCCC3CCSS3)c2)O[C@H](CO)[C@H](O)[C@@H]1O[C@@H]1O[C@H](C(=O)[O-])[C@@H](O)[C@H](OS(=O)(=O)[O-])[C@H]1OS(=O)(=O)[O-]. The van der Waals surface area contributed by atoms with Crippen LogP contribution in [0.5, 0.6) is 0 Å². The van der Waals surface area contributed by atoms with E-state index in [9.17, 15) is 81.2 Å². The molecule has 2 amide bonds. The second-order valence-electron chi connectivity index (χ2n) is 14.7. The Kier molecular flexibility index (Phi) is 20.6. The average molecular weight is 997 g/mol. The summed E-state index contributed by atoms with van der Waals surface area (Å²) in [6.45, 7) is -1.59. The quantitative estimate of drug-likeness (QED) is 0.0200. The molecule has 30 heteroatoms. The summed E-state index contributed by atoms with van der Waals surface area (Å²) in [6.07, 6.45) is -25.8. The highest BCUT2D eigenvalue weighted by Crippen LogP contribution is 2.40. The highest BCUT2D eigenvalue weighted by atomic mass is 33.1. The van der Waals surface area contributed by atoms with Gasteiger partial charge in [-0.15, -0.1) is 0 Å². The fraction of sp³-hybridized carbons (Fsp3) is 0.735. The molecule has 1 aromatic rings. The number of hydrogen-bond acceptors (Lipinski definition) is 26. The summed E-state index contributed by atoms with van der Waals surface area (Å²) >= 11 is 0. The number of aliphatic hydroxyl groups is 7. The standard InChI is InChI=1S/C34H53N3O23S4/c1-15(39)36-23-28(57-34-31(60-64(52,53)54)29(59-63(49,50)51)27(46)30(58-34)32(47)48)26(45)21(13-38)56-33(23)55-14-20(41)25(44)24(43)19(40)12-35-16-5-4-6-17(11-16)37-22(42)8-3-2-7-18-9-10-61-62-18/h4-6,11,18-21,23-31,33-35,38,40-41,43-46H,2-3,7-10,12-14H2,1H3,(H,36,39)(H,37,42)(H,47,48)(H,49,50,51)(H,52,53,54)/p-3/t18?,19-,20+,21+,23+,24+,25+,26-,27-,28+,29-,30-,31+,33-,34+/m0/s1. The van der Waals surface area contributed by atoms with E-state index in [-0.39, 0.29) is 5.91 Å². The zero-order chi connectivity index (χ0) is 47.5. The molecule has 3 aliphatic heterocycles. The summed E-state index contributed by atoms with van der Waals surface area (Å²) in [4.78, 5) is 36.6. The molecule has 3 aliphatic rings. The maximum atomic E-state index is 12.5. The van der Waals surface area contributed by atoms with E-state index in [1.807, 2.05) is 21.6 Å². The number of carbonyl (C=O) groups excluding carboxylic acids is 3. The van der Waals surface area contributed by atoms with Crippen molar-refractivity contribution in [3.63, 3.8) is 0 Å². The van der Waals surface area contributed by atoms with E-state index in [1.165, 1.54) is 0 Å². The monoisotopic (exact) mass is 996 g/mol. The molecule has 0 aromatic heterocycles. The fourth-order valence-corrected chi connectivity index (χ4v) is 10.8. The largest absolute Gasteiger partial charge is 0.726 e. The third kappa shape index (κ3) is 16.3. The van der Waals surface area contributed by atoms with E-state index < -0.39 is 138 Å². The topological polar surface area (TPSA) is 422 Å². The van der Waals surface area contributed by atoms with Gasteiger partial charge in [-0.05, 0) is 37.5 Å². The van der Waals surface area contributed by atoms with Crippen LogP contribution in [-0.4, -0.2) is 196 Å². The third-order valence-corrected chi connectivity index (χ3v) is 13.8. The van der Waals surface area contributed by atoms with Crippen molar-refractivity contribution in [3.05, 3.63) is 24.3 Å². The van der Waals surface area contributed by atoms with Gasteiger partial charge in [-0.1, -0.05) is 34.1 Å². The lowest BCUT2D eigenvalue weighted by atomic mass is 9.95. The van der Waals surface area contributed by atoms with Crippen molar-refractivity contribution in [1.29, 1.82) is 0 Å². The number of aliphatic hydroxyl groups excluding tert-OH is 7. The molecule has 4 rings (SSSR count). The van der Waals surface area contributed by atoms with Crippen LogP contribution in [0.1, 0.15) is 39.0 Å². The average Bonchev–Trinajstić information content (AvgIpc) is 3.73. The summed E-state index contributed by atoms with van der Waals surface area (Å²) in [5.74, 6) is -2.33. The zero-order valence-corrected chi connectivity index (χ0v) is 36.9. The molecule has 0 spiro atoms. The first kappa shape index (κ1) is 54.0. The Morgan fingerprint density at radius 1 is 0.906 bits per heavy atom. The molecule has 366 valence electrons.